The van der Waals surface area contributed by atoms with Crippen LogP contribution in [0.2, 0.25) is 4.34 Å². The molecule has 2 N–H and O–H groups in total. The first-order valence-electron chi connectivity index (χ1n) is 5.62. The molecule has 3 aromatic heterocycles. The van der Waals surface area contributed by atoms with E-state index in [9.17, 15) is 5.11 Å². The van der Waals surface area contributed by atoms with E-state index in [1.807, 2.05) is 23.6 Å². The largest absolute Gasteiger partial charge is 0.390 e. The fourth-order valence-corrected chi connectivity index (χ4v) is 2.70. The average molecular weight is 292 g/mol. The van der Waals surface area contributed by atoms with Crippen molar-refractivity contribution in [1.82, 2.24) is 15.0 Å². The minimum Gasteiger partial charge on any atom is -0.390 e. The van der Waals surface area contributed by atoms with Crippen molar-refractivity contribution in [2.45, 2.75) is 6.61 Å². The Balaban J connectivity index is 2.09. The Bertz CT molecular complexity index is 693. The number of halogens is 1. The number of H-pyrrole nitrogens is 1. The third kappa shape index (κ3) is 2.40. The molecular formula is C13H10ClN3OS. The molecule has 4 nitrogen and oxygen atoms in total. The van der Waals surface area contributed by atoms with Gasteiger partial charge in [-0.2, -0.15) is 0 Å². The lowest BCUT2D eigenvalue weighted by molar-refractivity contribution is 0.278. The number of aromatic nitrogens is 3. The normalized spacial score (nSPS) is 10.8. The number of aromatic amines is 1. The van der Waals surface area contributed by atoms with Crippen LogP contribution in [-0.4, -0.2) is 20.1 Å². The fraction of sp³-hybridized carbons (Fsp3) is 0.0769. The van der Waals surface area contributed by atoms with Gasteiger partial charge < -0.3 is 10.1 Å². The van der Waals surface area contributed by atoms with Crippen LogP contribution in [0.4, 0.5) is 0 Å². The van der Waals surface area contributed by atoms with Crippen molar-refractivity contribution in [3.8, 4) is 22.6 Å². The molecule has 0 unspecified atom stereocenters. The van der Waals surface area contributed by atoms with E-state index in [2.05, 4.69) is 15.0 Å². The van der Waals surface area contributed by atoms with Crippen LogP contribution in [0.15, 0.2) is 36.0 Å². The van der Waals surface area contributed by atoms with Crippen molar-refractivity contribution in [2.75, 3.05) is 0 Å². The summed E-state index contributed by atoms with van der Waals surface area (Å²) in [5.74, 6) is 0.700. The first kappa shape index (κ1) is 12.3. The van der Waals surface area contributed by atoms with Gasteiger partial charge in [0.25, 0.3) is 0 Å². The summed E-state index contributed by atoms with van der Waals surface area (Å²) in [6.07, 6.45) is 3.42. The molecule has 3 heterocycles. The number of thiophene rings is 1. The summed E-state index contributed by atoms with van der Waals surface area (Å²) in [5.41, 5.74) is 3.17. The van der Waals surface area contributed by atoms with E-state index in [0.29, 0.717) is 21.5 Å². The van der Waals surface area contributed by atoms with Crippen LogP contribution in [0.5, 0.6) is 0 Å². The molecule has 0 aliphatic rings. The standard InChI is InChI=1S/C13H10ClN3OS/c14-11-4-9(7-19-11)13-16-10(6-18)12(17-13)8-2-1-3-15-5-8/h1-5,7,18H,6H2,(H,16,17). The second-order valence-corrected chi connectivity index (χ2v) is 5.49. The van der Waals surface area contributed by atoms with E-state index >= 15 is 0 Å². The van der Waals surface area contributed by atoms with E-state index in [0.717, 1.165) is 11.1 Å². The molecule has 0 bridgehead atoms. The summed E-state index contributed by atoms with van der Waals surface area (Å²) in [5, 5.41) is 11.4. The number of aliphatic hydroxyl groups is 1. The van der Waals surface area contributed by atoms with Gasteiger partial charge in [0, 0.05) is 28.9 Å². The molecule has 3 rings (SSSR count). The zero-order valence-corrected chi connectivity index (χ0v) is 11.4. The minimum atomic E-state index is -0.102. The molecule has 19 heavy (non-hydrogen) atoms. The van der Waals surface area contributed by atoms with Gasteiger partial charge in [0.2, 0.25) is 0 Å². The summed E-state index contributed by atoms with van der Waals surface area (Å²) < 4.78 is 0.708. The van der Waals surface area contributed by atoms with Gasteiger partial charge in [-0.25, -0.2) is 4.98 Å². The van der Waals surface area contributed by atoms with Crippen LogP contribution >= 0.6 is 22.9 Å². The number of nitrogens with zero attached hydrogens (tertiary/aromatic N) is 2. The quantitative estimate of drug-likeness (QED) is 0.778. The molecule has 6 heteroatoms. The van der Waals surface area contributed by atoms with Crippen molar-refractivity contribution in [3.63, 3.8) is 0 Å². The monoisotopic (exact) mass is 291 g/mol. The highest BCUT2D eigenvalue weighted by molar-refractivity contribution is 7.14. The molecule has 0 saturated carbocycles. The van der Waals surface area contributed by atoms with Crippen molar-refractivity contribution < 1.29 is 5.11 Å². The maximum Gasteiger partial charge on any atom is 0.139 e. The molecule has 0 fully saturated rings. The highest BCUT2D eigenvalue weighted by Crippen LogP contribution is 2.30. The van der Waals surface area contributed by atoms with Crippen molar-refractivity contribution in [3.05, 3.63) is 46.0 Å². The van der Waals surface area contributed by atoms with E-state index in [1.54, 1.807) is 12.4 Å². The topological polar surface area (TPSA) is 61.8 Å². The molecule has 0 aliphatic heterocycles. The lowest BCUT2D eigenvalue weighted by atomic mass is 10.2. The summed E-state index contributed by atoms with van der Waals surface area (Å²) in [4.78, 5) is 11.7. The molecule has 0 radical (unpaired) electrons. The Hall–Kier alpha value is -1.69. The average Bonchev–Trinajstić information content (AvgIpc) is 3.05. The fourth-order valence-electron chi connectivity index (χ4n) is 1.84. The summed E-state index contributed by atoms with van der Waals surface area (Å²) >= 11 is 7.37. The molecule has 0 atom stereocenters. The van der Waals surface area contributed by atoms with Crippen LogP contribution in [-0.2, 0) is 6.61 Å². The van der Waals surface area contributed by atoms with Gasteiger partial charge in [0.1, 0.15) is 5.82 Å². The molecule has 3 aromatic rings. The molecule has 0 saturated heterocycles. The number of hydrogen-bond acceptors (Lipinski definition) is 4. The van der Waals surface area contributed by atoms with Gasteiger partial charge in [0.15, 0.2) is 0 Å². The van der Waals surface area contributed by atoms with E-state index < -0.39 is 0 Å². The van der Waals surface area contributed by atoms with Crippen molar-refractivity contribution >= 4 is 22.9 Å². The molecule has 0 aliphatic carbocycles. The van der Waals surface area contributed by atoms with Gasteiger partial charge in [-0.3, -0.25) is 4.98 Å². The first-order valence-corrected chi connectivity index (χ1v) is 6.88. The highest BCUT2D eigenvalue weighted by atomic mass is 35.5. The summed E-state index contributed by atoms with van der Waals surface area (Å²) in [6, 6.07) is 5.60. The maximum atomic E-state index is 9.43. The van der Waals surface area contributed by atoms with Crippen LogP contribution in [0.1, 0.15) is 5.69 Å². The lowest BCUT2D eigenvalue weighted by Gasteiger charge is -1.97. The third-order valence-corrected chi connectivity index (χ3v) is 3.80. The number of aliphatic hydroxyl groups excluding tert-OH is 1. The number of hydrogen-bond donors (Lipinski definition) is 2. The van der Waals surface area contributed by atoms with Gasteiger partial charge in [-0.1, -0.05) is 11.6 Å². The Morgan fingerprint density at radius 3 is 2.89 bits per heavy atom. The first-order chi connectivity index (χ1) is 9.28. The SMILES string of the molecule is OCc1[nH]c(-c2csc(Cl)c2)nc1-c1cccnc1. The molecule has 0 spiro atoms. The van der Waals surface area contributed by atoms with Crippen LogP contribution in [0, 0.1) is 0 Å². The molecule has 0 aromatic carbocycles. The zero-order valence-electron chi connectivity index (χ0n) is 9.80. The van der Waals surface area contributed by atoms with Gasteiger partial charge in [-0.15, -0.1) is 11.3 Å². The van der Waals surface area contributed by atoms with Crippen LogP contribution in [0.25, 0.3) is 22.6 Å². The second kappa shape index (κ2) is 5.13. The van der Waals surface area contributed by atoms with Gasteiger partial charge in [-0.05, 0) is 18.2 Å². The Morgan fingerprint density at radius 2 is 2.26 bits per heavy atom. The van der Waals surface area contributed by atoms with Gasteiger partial charge in [0.05, 0.1) is 22.3 Å². The summed E-state index contributed by atoms with van der Waals surface area (Å²) in [7, 11) is 0. The predicted octanol–water partition coefficient (Wildman–Crippen LogP) is 3.35. The third-order valence-electron chi connectivity index (χ3n) is 2.71. The second-order valence-electron chi connectivity index (χ2n) is 3.95. The number of imidazole rings is 1. The Morgan fingerprint density at radius 1 is 1.37 bits per heavy atom. The van der Waals surface area contributed by atoms with E-state index in [-0.39, 0.29) is 6.61 Å². The molecule has 0 amide bonds. The van der Waals surface area contributed by atoms with Crippen LogP contribution in [0.3, 0.4) is 0 Å². The summed E-state index contributed by atoms with van der Waals surface area (Å²) in [6.45, 7) is -0.102. The number of pyridine rings is 1. The number of nitrogens with one attached hydrogen (secondary N) is 1. The molecular weight excluding hydrogens is 282 g/mol. The smallest absolute Gasteiger partial charge is 0.139 e. The number of rotatable bonds is 3. The Kier molecular flexibility index (Phi) is 3.33. The van der Waals surface area contributed by atoms with Gasteiger partial charge >= 0.3 is 0 Å². The zero-order chi connectivity index (χ0) is 13.2. The Labute approximate surface area is 118 Å². The van der Waals surface area contributed by atoms with E-state index in [1.165, 1.54) is 11.3 Å². The van der Waals surface area contributed by atoms with Crippen molar-refractivity contribution in [1.29, 1.82) is 0 Å². The molecule has 96 valence electrons. The van der Waals surface area contributed by atoms with Crippen molar-refractivity contribution in [2.24, 2.45) is 0 Å². The van der Waals surface area contributed by atoms with E-state index in [4.69, 9.17) is 11.6 Å². The maximum absolute atomic E-state index is 9.43. The minimum absolute atomic E-state index is 0.102. The lowest BCUT2D eigenvalue weighted by Crippen LogP contribution is -1.88. The van der Waals surface area contributed by atoms with Crippen LogP contribution < -0.4 is 0 Å². The predicted molar refractivity (Wildman–Crippen MR) is 76.1 cm³/mol. The highest BCUT2D eigenvalue weighted by Gasteiger charge is 2.13.